The molecular formula is C12H21N3O. The summed E-state index contributed by atoms with van der Waals surface area (Å²) in [5.41, 5.74) is 0. The average molecular weight is 223 g/mol. The largest absolute Gasteiger partial charge is 0.344 e. The second kappa shape index (κ2) is 7.26. The number of nitrogens with zero attached hydrogens (tertiary/aromatic N) is 1. The summed E-state index contributed by atoms with van der Waals surface area (Å²) in [5, 5.41) is 5.89. The van der Waals surface area contributed by atoms with E-state index >= 15 is 0 Å². The van der Waals surface area contributed by atoms with E-state index in [0.717, 1.165) is 25.6 Å². The van der Waals surface area contributed by atoms with E-state index in [0.29, 0.717) is 13.1 Å². The topological polar surface area (TPSA) is 44.4 Å². The first-order valence-corrected chi connectivity index (χ1v) is 5.83. The number of piperidine rings is 1. The number of hydrogen-bond donors (Lipinski definition) is 2. The third-order valence-electron chi connectivity index (χ3n) is 2.95. The van der Waals surface area contributed by atoms with Crippen LogP contribution in [0.2, 0.25) is 0 Å². The second-order valence-corrected chi connectivity index (χ2v) is 4.26. The summed E-state index contributed by atoms with van der Waals surface area (Å²) < 4.78 is 0. The molecule has 4 heteroatoms. The molecule has 1 rings (SSSR count). The van der Waals surface area contributed by atoms with Gasteiger partial charge in [-0.3, -0.25) is 9.69 Å². The zero-order chi connectivity index (χ0) is 11.8. The highest BCUT2D eigenvalue weighted by Crippen LogP contribution is 2.15. The van der Waals surface area contributed by atoms with Crippen LogP contribution in [0.1, 0.15) is 12.8 Å². The van der Waals surface area contributed by atoms with Gasteiger partial charge in [-0.2, -0.15) is 0 Å². The first-order chi connectivity index (χ1) is 7.76. The molecule has 4 nitrogen and oxygen atoms in total. The van der Waals surface area contributed by atoms with Crippen molar-refractivity contribution in [1.29, 1.82) is 0 Å². The Morgan fingerprint density at radius 3 is 2.75 bits per heavy atom. The molecule has 1 saturated heterocycles. The molecule has 2 N–H and O–H groups in total. The second-order valence-electron chi connectivity index (χ2n) is 4.26. The van der Waals surface area contributed by atoms with E-state index in [9.17, 15) is 4.79 Å². The predicted molar refractivity (Wildman–Crippen MR) is 64.9 cm³/mol. The summed E-state index contributed by atoms with van der Waals surface area (Å²) >= 11 is 0. The molecule has 0 saturated carbocycles. The van der Waals surface area contributed by atoms with Crippen molar-refractivity contribution >= 4 is 5.91 Å². The van der Waals surface area contributed by atoms with Gasteiger partial charge >= 0.3 is 0 Å². The van der Waals surface area contributed by atoms with Crippen LogP contribution in [0.4, 0.5) is 0 Å². The fourth-order valence-electron chi connectivity index (χ4n) is 2.05. The maximum Gasteiger partial charge on any atom is 0.234 e. The molecule has 1 fully saturated rings. The molecule has 16 heavy (non-hydrogen) atoms. The van der Waals surface area contributed by atoms with Crippen molar-refractivity contribution in [2.75, 3.05) is 39.8 Å². The zero-order valence-electron chi connectivity index (χ0n) is 9.96. The minimum Gasteiger partial charge on any atom is -0.344 e. The van der Waals surface area contributed by atoms with Gasteiger partial charge in [-0.15, -0.1) is 6.42 Å². The van der Waals surface area contributed by atoms with Gasteiger partial charge in [-0.1, -0.05) is 5.92 Å². The van der Waals surface area contributed by atoms with Crippen LogP contribution in [0.5, 0.6) is 0 Å². The molecule has 0 radical (unpaired) electrons. The Bertz CT molecular complexity index is 251. The first-order valence-electron chi connectivity index (χ1n) is 5.83. The Morgan fingerprint density at radius 2 is 2.19 bits per heavy atom. The van der Waals surface area contributed by atoms with E-state index in [1.165, 1.54) is 12.8 Å². The Hall–Kier alpha value is -1.05. The summed E-state index contributed by atoms with van der Waals surface area (Å²) in [4.78, 5) is 13.6. The van der Waals surface area contributed by atoms with Crippen LogP contribution < -0.4 is 10.6 Å². The molecular weight excluding hydrogens is 202 g/mol. The van der Waals surface area contributed by atoms with Crippen LogP contribution in [-0.4, -0.2) is 50.6 Å². The Labute approximate surface area is 97.8 Å². The zero-order valence-corrected chi connectivity index (χ0v) is 9.96. The van der Waals surface area contributed by atoms with Gasteiger partial charge in [0.25, 0.3) is 0 Å². The summed E-state index contributed by atoms with van der Waals surface area (Å²) in [6, 6.07) is 0. The maximum absolute atomic E-state index is 11.4. The molecule has 0 aromatic carbocycles. The lowest BCUT2D eigenvalue weighted by atomic mass is 9.97. The molecule has 0 aromatic rings. The fourth-order valence-corrected chi connectivity index (χ4v) is 2.05. The lowest BCUT2D eigenvalue weighted by Gasteiger charge is -2.31. The highest BCUT2D eigenvalue weighted by Gasteiger charge is 2.19. The van der Waals surface area contributed by atoms with Gasteiger partial charge in [-0.25, -0.2) is 0 Å². The Kier molecular flexibility index (Phi) is 5.91. The number of amides is 1. The highest BCUT2D eigenvalue weighted by molar-refractivity contribution is 5.78. The molecule has 0 atom stereocenters. The molecule has 0 unspecified atom stereocenters. The van der Waals surface area contributed by atoms with Crippen molar-refractivity contribution in [1.82, 2.24) is 15.5 Å². The molecule has 0 aliphatic carbocycles. The summed E-state index contributed by atoms with van der Waals surface area (Å²) in [5.74, 6) is 3.19. The smallest absolute Gasteiger partial charge is 0.234 e. The number of nitrogens with one attached hydrogen (secondary N) is 2. The maximum atomic E-state index is 11.4. The van der Waals surface area contributed by atoms with E-state index in [1.54, 1.807) is 0 Å². The number of carbonyl (C=O) groups is 1. The predicted octanol–water partition coefficient (Wildman–Crippen LogP) is -0.333. The van der Waals surface area contributed by atoms with E-state index in [-0.39, 0.29) is 5.91 Å². The standard InChI is InChI=1S/C12H21N3O/c1-3-6-14-12(16)10-15-7-4-11(5-8-15)9-13-2/h1,11,13H,4-10H2,2H3,(H,14,16). The molecule has 1 amide bonds. The number of terminal acetylenes is 1. The third kappa shape index (κ3) is 4.65. The molecule has 0 spiro atoms. The Morgan fingerprint density at radius 1 is 1.50 bits per heavy atom. The monoisotopic (exact) mass is 223 g/mol. The first kappa shape index (κ1) is 13.0. The van der Waals surface area contributed by atoms with Crippen LogP contribution in [0.15, 0.2) is 0 Å². The SMILES string of the molecule is C#CCNC(=O)CN1CCC(CNC)CC1. The normalized spacial score (nSPS) is 18.0. The summed E-state index contributed by atoms with van der Waals surface area (Å²) in [7, 11) is 1.99. The third-order valence-corrected chi connectivity index (χ3v) is 2.95. The van der Waals surface area contributed by atoms with Crippen molar-refractivity contribution < 1.29 is 4.79 Å². The van der Waals surface area contributed by atoms with Crippen LogP contribution in [0, 0.1) is 18.3 Å². The van der Waals surface area contributed by atoms with Crippen molar-refractivity contribution in [2.24, 2.45) is 5.92 Å². The van der Waals surface area contributed by atoms with Gasteiger partial charge in [-0.05, 0) is 45.4 Å². The number of likely N-dealkylation sites (tertiary alicyclic amines) is 1. The molecule has 90 valence electrons. The van der Waals surface area contributed by atoms with Gasteiger partial charge in [0.2, 0.25) is 5.91 Å². The summed E-state index contributed by atoms with van der Waals surface area (Å²) in [6.45, 7) is 3.91. The Balaban J connectivity index is 2.17. The summed E-state index contributed by atoms with van der Waals surface area (Å²) in [6.07, 6.45) is 7.42. The van der Waals surface area contributed by atoms with Crippen LogP contribution in [0.3, 0.4) is 0 Å². The van der Waals surface area contributed by atoms with E-state index in [2.05, 4.69) is 21.5 Å². The number of hydrogen-bond acceptors (Lipinski definition) is 3. The van der Waals surface area contributed by atoms with Crippen molar-refractivity contribution in [2.45, 2.75) is 12.8 Å². The lowest BCUT2D eigenvalue weighted by Crippen LogP contribution is -2.42. The molecule has 0 aromatic heterocycles. The minimum atomic E-state index is 0.0324. The van der Waals surface area contributed by atoms with E-state index in [1.807, 2.05) is 7.05 Å². The van der Waals surface area contributed by atoms with Gasteiger partial charge in [0.1, 0.15) is 0 Å². The van der Waals surface area contributed by atoms with Crippen molar-refractivity contribution in [3.63, 3.8) is 0 Å². The molecule has 1 heterocycles. The quantitative estimate of drug-likeness (QED) is 0.627. The van der Waals surface area contributed by atoms with Crippen molar-refractivity contribution in [3.05, 3.63) is 0 Å². The fraction of sp³-hybridized carbons (Fsp3) is 0.750. The number of rotatable bonds is 5. The van der Waals surface area contributed by atoms with Gasteiger partial charge in [0.15, 0.2) is 0 Å². The van der Waals surface area contributed by atoms with Crippen LogP contribution >= 0.6 is 0 Å². The van der Waals surface area contributed by atoms with E-state index in [4.69, 9.17) is 6.42 Å². The van der Waals surface area contributed by atoms with Gasteiger partial charge in [0, 0.05) is 0 Å². The average Bonchev–Trinajstić information content (AvgIpc) is 2.29. The highest BCUT2D eigenvalue weighted by atomic mass is 16.2. The van der Waals surface area contributed by atoms with Crippen molar-refractivity contribution in [3.8, 4) is 12.3 Å². The lowest BCUT2D eigenvalue weighted by molar-refractivity contribution is -0.122. The van der Waals surface area contributed by atoms with Crippen LogP contribution in [-0.2, 0) is 4.79 Å². The molecule has 0 bridgehead atoms. The van der Waals surface area contributed by atoms with E-state index < -0.39 is 0 Å². The van der Waals surface area contributed by atoms with Crippen LogP contribution in [0.25, 0.3) is 0 Å². The minimum absolute atomic E-state index is 0.0324. The van der Waals surface area contributed by atoms with Gasteiger partial charge in [0.05, 0.1) is 13.1 Å². The molecule has 1 aliphatic rings. The molecule has 1 aliphatic heterocycles. The number of carbonyl (C=O) groups excluding carboxylic acids is 1. The van der Waals surface area contributed by atoms with Gasteiger partial charge < -0.3 is 10.6 Å².